The van der Waals surface area contributed by atoms with Crippen molar-refractivity contribution in [2.24, 2.45) is 0 Å². The number of hydrogen-bond donors (Lipinski definition) is 0. The van der Waals surface area contributed by atoms with Crippen LogP contribution in [0.1, 0.15) is 38.7 Å². The molecule has 1 fully saturated rings. The van der Waals surface area contributed by atoms with Crippen molar-refractivity contribution in [3.05, 3.63) is 35.9 Å². The number of rotatable bonds is 5. The molecular weight excluding hydrogens is 324 g/mol. The van der Waals surface area contributed by atoms with Crippen LogP contribution in [0.15, 0.2) is 30.3 Å². The number of carbonyl (C=O) groups is 1. The molecule has 1 aliphatic rings. The molecular formula is C18H26N2OS2. The summed E-state index contributed by atoms with van der Waals surface area (Å²) in [6.07, 6.45) is 2.71. The van der Waals surface area contributed by atoms with E-state index >= 15 is 0 Å². The highest BCUT2D eigenvalue weighted by Crippen LogP contribution is 2.27. The highest BCUT2D eigenvalue weighted by Gasteiger charge is 2.25. The quantitative estimate of drug-likeness (QED) is 0.751. The number of hydrogen-bond acceptors (Lipinski definition) is 3. The third kappa shape index (κ3) is 5.50. The molecule has 1 aliphatic heterocycles. The summed E-state index contributed by atoms with van der Waals surface area (Å²) in [5.41, 5.74) is 1.20. The zero-order valence-corrected chi connectivity index (χ0v) is 15.7. The lowest BCUT2D eigenvalue weighted by Crippen LogP contribution is -2.31. The second-order valence-corrected chi connectivity index (χ2v) is 7.76. The molecule has 1 heterocycles. The SMILES string of the molecule is CCN(CC)C(=S)SC1CCCN(Cc2ccccc2)C(=O)C1. The highest BCUT2D eigenvalue weighted by atomic mass is 32.2. The summed E-state index contributed by atoms with van der Waals surface area (Å²) in [5, 5.41) is 0.316. The Labute approximate surface area is 149 Å². The maximum Gasteiger partial charge on any atom is 0.223 e. The summed E-state index contributed by atoms with van der Waals surface area (Å²) in [4.78, 5) is 16.8. The van der Waals surface area contributed by atoms with Crippen LogP contribution in [-0.4, -0.2) is 44.9 Å². The summed E-state index contributed by atoms with van der Waals surface area (Å²) < 4.78 is 0.935. The molecule has 0 N–H and O–H groups in total. The van der Waals surface area contributed by atoms with Crippen molar-refractivity contribution in [1.29, 1.82) is 0 Å². The van der Waals surface area contributed by atoms with Crippen molar-refractivity contribution in [1.82, 2.24) is 9.80 Å². The first kappa shape index (κ1) is 18.3. The van der Waals surface area contributed by atoms with E-state index in [2.05, 4.69) is 30.9 Å². The van der Waals surface area contributed by atoms with Gasteiger partial charge in [0.25, 0.3) is 0 Å². The summed E-state index contributed by atoms with van der Waals surface area (Å²) >= 11 is 7.25. The maximum atomic E-state index is 12.6. The standard InChI is InChI=1S/C18H26N2OS2/c1-3-19(4-2)18(22)23-16-11-8-12-20(17(21)13-16)14-15-9-6-5-7-10-15/h5-7,9-10,16H,3-4,8,11-14H2,1-2H3. The number of amides is 1. The van der Waals surface area contributed by atoms with Crippen molar-refractivity contribution in [2.45, 2.75) is 44.9 Å². The molecule has 2 rings (SSSR count). The van der Waals surface area contributed by atoms with Gasteiger partial charge in [-0.05, 0) is 32.3 Å². The molecule has 0 bridgehead atoms. The van der Waals surface area contributed by atoms with Crippen LogP contribution in [0.25, 0.3) is 0 Å². The smallest absolute Gasteiger partial charge is 0.223 e. The molecule has 1 atom stereocenters. The Balaban J connectivity index is 1.91. The molecule has 23 heavy (non-hydrogen) atoms. The molecule has 0 radical (unpaired) electrons. The van der Waals surface area contributed by atoms with Gasteiger partial charge in [-0.15, -0.1) is 0 Å². The van der Waals surface area contributed by atoms with Crippen LogP contribution >= 0.6 is 24.0 Å². The van der Waals surface area contributed by atoms with Crippen LogP contribution in [-0.2, 0) is 11.3 Å². The van der Waals surface area contributed by atoms with Gasteiger partial charge < -0.3 is 9.80 Å². The van der Waals surface area contributed by atoms with Gasteiger partial charge in [0.2, 0.25) is 5.91 Å². The van der Waals surface area contributed by atoms with Gasteiger partial charge in [0.05, 0.1) is 0 Å². The Morgan fingerprint density at radius 1 is 1.30 bits per heavy atom. The lowest BCUT2D eigenvalue weighted by Gasteiger charge is -2.24. The summed E-state index contributed by atoms with van der Waals surface area (Å²) in [6.45, 7) is 7.68. The first-order chi connectivity index (χ1) is 11.1. The average Bonchev–Trinajstić information content (AvgIpc) is 2.71. The van der Waals surface area contributed by atoms with E-state index in [9.17, 15) is 4.79 Å². The normalized spacial score (nSPS) is 18.6. The van der Waals surface area contributed by atoms with E-state index in [-0.39, 0.29) is 5.91 Å². The third-order valence-corrected chi connectivity index (χ3v) is 5.96. The van der Waals surface area contributed by atoms with Crippen molar-refractivity contribution in [2.75, 3.05) is 19.6 Å². The number of thiocarbonyl (C=S) groups is 1. The van der Waals surface area contributed by atoms with Crippen LogP contribution in [0.2, 0.25) is 0 Å². The van der Waals surface area contributed by atoms with Crippen LogP contribution in [0.5, 0.6) is 0 Å². The van der Waals surface area contributed by atoms with Gasteiger partial charge in [-0.25, -0.2) is 0 Å². The van der Waals surface area contributed by atoms with Gasteiger partial charge in [0.1, 0.15) is 4.32 Å². The molecule has 126 valence electrons. The monoisotopic (exact) mass is 350 g/mol. The van der Waals surface area contributed by atoms with Gasteiger partial charge in [-0.1, -0.05) is 54.3 Å². The minimum absolute atomic E-state index is 0.256. The van der Waals surface area contributed by atoms with E-state index in [4.69, 9.17) is 12.2 Å². The zero-order valence-electron chi connectivity index (χ0n) is 14.0. The van der Waals surface area contributed by atoms with Crippen molar-refractivity contribution >= 4 is 34.2 Å². The summed E-state index contributed by atoms with van der Waals surface area (Å²) in [6, 6.07) is 10.2. The minimum Gasteiger partial charge on any atom is -0.358 e. The van der Waals surface area contributed by atoms with Gasteiger partial charge in [0, 0.05) is 37.8 Å². The number of likely N-dealkylation sites (tertiary alicyclic amines) is 1. The molecule has 0 saturated carbocycles. The second kappa shape index (κ2) is 9.28. The second-order valence-electron chi connectivity index (χ2n) is 5.83. The van der Waals surface area contributed by atoms with Gasteiger partial charge in [-0.2, -0.15) is 0 Å². The Hall–Kier alpha value is -1.07. The van der Waals surface area contributed by atoms with E-state index in [0.717, 1.165) is 43.3 Å². The first-order valence-electron chi connectivity index (χ1n) is 8.41. The summed E-state index contributed by atoms with van der Waals surface area (Å²) in [5.74, 6) is 0.256. The van der Waals surface area contributed by atoms with Gasteiger partial charge >= 0.3 is 0 Å². The predicted molar refractivity (Wildman–Crippen MR) is 103 cm³/mol. The van der Waals surface area contributed by atoms with Crippen LogP contribution in [0, 0.1) is 0 Å². The molecule has 5 heteroatoms. The first-order valence-corrected chi connectivity index (χ1v) is 9.70. The van der Waals surface area contributed by atoms with Crippen LogP contribution < -0.4 is 0 Å². The molecule has 1 amide bonds. The fraction of sp³-hybridized carbons (Fsp3) is 0.556. The van der Waals surface area contributed by atoms with E-state index < -0.39 is 0 Å². The highest BCUT2D eigenvalue weighted by molar-refractivity contribution is 8.23. The largest absolute Gasteiger partial charge is 0.358 e. The number of thioether (sulfide) groups is 1. The minimum atomic E-state index is 0.256. The van der Waals surface area contributed by atoms with Crippen molar-refractivity contribution in [3.8, 4) is 0 Å². The Morgan fingerprint density at radius 3 is 2.65 bits per heavy atom. The molecule has 1 saturated heterocycles. The topological polar surface area (TPSA) is 23.6 Å². The molecule has 0 aromatic heterocycles. The lowest BCUT2D eigenvalue weighted by atomic mass is 10.2. The fourth-order valence-corrected chi connectivity index (χ4v) is 4.70. The Bertz CT molecular complexity index is 517. The average molecular weight is 351 g/mol. The molecule has 1 unspecified atom stereocenters. The van der Waals surface area contributed by atoms with Gasteiger partial charge in [0.15, 0.2) is 0 Å². The molecule has 1 aromatic carbocycles. The Morgan fingerprint density at radius 2 is 2.00 bits per heavy atom. The van der Waals surface area contributed by atoms with Crippen LogP contribution in [0.3, 0.4) is 0 Å². The lowest BCUT2D eigenvalue weighted by molar-refractivity contribution is -0.131. The van der Waals surface area contributed by atoms with E-state index in [1.807, 2.05) is 23.1 Å². The predicted octanol–water partition coefficient (Wildman–Crippen LogP) is 3.93. The molecule has 0 aliphatic carbocycles. The molecule has 1 aromatic rings. The molecule has 0 spiro atoms. The van der Waals surface area contributed by atoms with E-state index in [1.54, 1.807) is 11.8 Å². The van der Waals surface area contributed by atoms with Crippen molar-refractivity contribution in [3.63, 3.8) is 0 Å². The summed E-state index contributed by atoms with van der Waals surface area (Å²) in [7, 11) is 0. The van der Waals surface area contributed by atoms with Crippen LogP contribution in [0.4, 0.5) is 0 Å². The number of nitrogens with zero attached hydrogens (tertiary/aromatic N) is 2. The van der Waals surface area contributed by atoms with Gasteiger partial charge in [-0.3, -0.25) is 4.79 Å². The van der Waals surface area contributed by atoms with E-state index in [1.165, 1.54) is 5.56 Å². The molecule has 3 nitrogen and oxygen atoms in total. The third-order valence-electron chi connectivity index (χ3n) is 4.21. The zero-order chi connectivity index (χ0) is 16.7. The van der Waals surface area contributed by atoms with E-state index in [0.29, 0.717) is 11.7 Å². The Kier molecular flexibility index (Phi) is 7.37. The number of benzene rings is 1. The fourth-order valence-electron chi connectivity index (χ4n) is 2.83. The maximum absolute atomic E-state index is 12.6. The van der Waals surface area contributed by atoms with Crippen molar-refractivity contribution < 1.29 is 4.79 Å². The number of carbonyl (C=O) groups excluding carboxylic acids is 1.